The molecule has 3 aliphatic heterocycles. The van der Waals surface area contributed by atoms with Crippen molar-refractivity contribution in [2.24, 2.45) is 11.8 Å². The van der Waals surface area contributed by atoms with E-state index < -0.39 is 0 Å². The second-order valence-electron chi connectivity index (χ2n) is 7.19. The van der Waals surface area contributed by atoms with Crippen LogP contribution in [0.4, 0.5) is 0 Å². The minimum Gasteiger partial charge on any atom is -0.456 e. The fraction of sp³-hybridized carbons (Fsp3) is 0.429. The fourth-order valence-electron chi connectivity index (χ4n) is 4.59. The minimum absolute atomic E-state index is 0.227. The molecule has 4 heteroatoms. The number of carbonyl (C=O) groups is 1. The highest BCUT2D eigenvalue weighted by atomic mass is 16.5. The molecule has 25 heavy (non-hydrogen) atoms. The van der Waals surface area contributed by atoms with Gasteiger partial charge in [-0.2, -0.15) is 0 Å². The third-order valence-corrected chi connectivity index (χ3v) is 5.79. The second kappa shape index (κ2) is 6.60. The van der Waals surface area contributed by atoms with E-state index in [1.807, 2.05) is 30.5 Å². The lowest BCUT2D eigenvalue weighted by molar-refractivity contribution is -0.154. The van der Waals surface area contributed by atoms with Gasteiger partial charge < -0.3 is 4.74 Å². The highest BCUT2D eigenvalue weighted by molar-refractivity contribution is 5.82. The number of ether oxygens (including phenoxy) is 1. The molecule has 0 radical (unpaired) electrons. The summed E-state index contributed by atoms with van der Waals surface area (Å²) in [5.74, 6) is 0.963. The number of hydrogen-bond donors (Lipinski definition) is 0. The maximum absolute atomic E-state index is 11.9. The number of para-hydroxylation sites is 1. The average Bonchev–Trinajstić information content (AvgIpc) is 2.66. The van der Waals surface area contributed by atoms with Crippen LogP contribution in [0.25, 0.3) is 10.9 Å². The Balaban J connectivity index is 1.74. The highest BCUT2D eigenvalue weighted by Gasteiger charge is 2.44. The molecule has 0 N–H and O–H groups in total. The standard InChI is InChI=1S/C21H24N2O2/c1-3-15-13-23-11-9-16(15)12-20(23)21(25-14(2)24)18-8-10-22-19-7-5-4-6-17(18)19/h3-8,10,15-16,20-21H,1,9,11-13H2,2H3/t15?,16?,20-,21+/m0/s1. The fourth-order valence-corrected chi connectivity index (χ4v) is 4.59. The van der Waals surface area contributed by atoms with E-state index in [-0.39, 0.29) is 18.1 Å². The number of fused-ring (bicyclic) bond motifs is 4. The van der Waals surface area contributed by atoms with Crippen LogP contribution in [0.3, 0.4) is 0 Å². The molecule has 0 aliphatic carbocycles. The molecule has 1 aromatic carbocycles. The van der Waals surface area contributed by atoms with Crippen LogP contribution in [-0.4, -0.2) is 35.0 Å². The van der Waals surface area contributed by atoms with Crippen LogP contribution in [0.2, 0.25) is 0 Å². The van der Waals surface area contributed by atoms with E-state index in [4.69, 9.17) is 4.74 Å². The van der Waals surface area contributed by atoms with Gasteiger partial charge in [0.15, 0.2) is 0 Å². The largest absolute Gasteiger partial charge is 0.456 e. The topological polar surface area (TPSA) is 42.4 Å². The normalized spacial score (nSPS) is 29.3. The Morgan fingerprint density at radius 2 is 2.24 bits per heavy atom. The van der Waals surface area contributed by atoms with E-state index in [0.717, 1.165) is 36.0 Å². The number of rotatable bonds is 4. The molecule has 130 valence electrons. The van der Waals surface area contributed by atoms with Crippen molar-refractivity contribution in [2.45, 2.75) is 31.9 Å². The zero-order valence-corrected chi connectivity index (χ0v) is 14.6. The van der Waals surface area contributed by atoms with E-state index in [1.54, 1.807) is 0 Å². The quantitative estimate of drug-likeness (QED) is 0.630. The van der Waals surface area contributed by atoms with Gasteiger partial charge in [-0.05, 0) is 43.4 Å². The Bertz CT molecular complexity index is 798. The number of aromatic nitrogens is 1. The summed E-state index contributed by atoms with van der Waals surface area (Å²) in [6.07, 6.45) is 5.91. The van der Waals surface area contributed by atoms with Gasteiger partial charge in [-0.3, -0.25) is 14.7 Å². The Hall–Kier alpha value is -2.20. The van der Waals surface area contributed by atoms with E-state index in [0.29, 0.717) is 11.8 Å². The smallest absolute Gasteiger partial charge is 0.303 e. The predicted molar refractivity (Wildman–Crippen MR) is 98.0 cm³/mol. The van der Waals surface area contributed by atoms with E-state index >= 15 is 0 Å². The molecule has 0 saturated carbocycles. The lowest BCUT2D eigenvalue weighted by Gasteiger charge is -2.51. The SMILES string of the molecule is C=CC1CN2CCC1C[C@H]2[C@H](OC(C)=O)c1ccnc2ccccc12. The Labute approximate surface area is 148 Å². The summed E-state index contributed by atoms with van der Waals surface area (Å²) in [4.78, 5) is 18.8. The first-order valence-corrected chi connectivity index (χ1v) is 9.05. The average molecular weight is 336 g/mol. The van der Waals surface area contributed by atoms with Gasteiger partial charge in [-0.1, -0.05) is 24.3 Å². The summed E-state index contributed by atoms with van der Waals surface area (Å²) in [6.45, 7) is 7.58. The highest BCUT2D eigenvalue weighted by Crippen LogP contribution is 2.43. The van der Waals surface area contributed by atoms with Crippen LogP contribution < -0.4 is 0 Å². The third kappa shape index (κ3) is 2.95. The lowest BCUT2D eigenvalue weighted by Crippen LogP contribution is -2.55. The van der Waals surface area contributed by atoms with Crippen molar-refractivity contribution in [1.29, 1.82) is 0 Å². The lowest BCUT2D eigenvalue weighted by atomic mass is 9.73. The van der Waals surface area contributed by atoms with Crippen molar-refractivity contribution in [3.05, 3.63) is 54.7 Å². The first kappa shape index (κ1) is 16.3. The predicted octanol–water partition coefficient (Wildman–Crippen LogP) is 3.74. The minimum atomic E-state index is -0.251. The number of pyridine rings is 1. The van der Waals surface area contributed by atoms with Gasteiger partial charge in [0, 0.05) is 30.6 Å². The molecule has 2 aromatic rings. The zero-order chi connectivity index (χ0) is 17.4. The van der Waals surface area contributed by atoms with E-state index in [2.05, 4.69) is 28.6 Å². The van der Waals surface area contributed by atoms with Gasteiger partial charge in [0.1, 0.15) is 6.10 Å². The van der Waals surface area contributed by atoms with Gasteiger partial charge in [0.25, 0.3) is 0 Å². The second-order valence-corrected chi connectivity index (χ2v) is 7.19. The van der Waals surface area contributed by atoms with Crippen LogP contribution in [0.1, 0.15) is 31.4 Å². The molecule has 4 nitrogen and oxygen atoms in total. The molecule has 0 spiro atoms. The molecule has 3 fully saturated rings. The Morgan fingerprint density at radius 3 is 2.96 bits per heavy atom. The van der Waals surface area contributed by atoms with Gasteiger partial charge in [-0.15, -0.1) is 6.58 Å². The summed E-state index contributed by atoms with van der Waals surface area (Å²) in [5, 5.41) is 1.07. The van der Waals surface area contributed by atoms with Crippen molar-refractivity contribution in [1.82, 2.24) is 9.88 Å². The summed E-state index contributed by atoms with van der Waals surface area (Å²) in [5.41, 5.74) is 2.01. The van der Waals surface area contributed by atoms with Gasteiger partial charge >= 0.3 is 5.97 Å². The van der Waals surface area contributed by atoms with Gasteiger partial charge in [0.05, 0.1) is 11.6 Å². The van der Waals surface area contributed by atoms with E-state index in [1.165, 1.54) is 13.3 Å². The molecule has 2 bridgehead atoms. The van der Waals surface area contributed by atoms with Crippen molar-refractivity contribution in [3.8, 4) is 0 Å². The summed E-state index contributed by atoms with van der Waals surface area (Å²) >= 11 is 0. The monoisotopic (exact) mass is 336 g/mol. The van der Waals surface area contributed by atoms with Crippen molar-refractivity contribution >= 4 is 16.9 Å². The van der Waals surface area contributed by atoms with Crippen LogP contribution in [-0.2, 0) is 9.53 Å². The molecule has 5 atom stereocenters. The van der Waals surface area contributed by atoms with Gasteiger partial charge in [-0.25, -0.2) is 0 Å². The Kier molecular flexibility index (Phi) is 4.30. The number of esters is 1. The number of piperidine rings is 3. The molecule has 5 rings (SSSR count). The number of hydrogen-bond acceptors (Lipinski definition) is 4. The molecule has 3 saturated heterocycles. The molecule has 1 aromatic heterocycles. The molecular weight excluding hydrogens is 312 g/mol. The maximum Gasteiger partial charge on any atom is 0.303 e. The van der Waals surface area contributed by atoms with Gasteiger partial charge in [0.2, 0.25) is 0 Å². The zero-order valence-electron chi connectivity index (χ0n) is 14.6. The molecule has 3 unspecified atom stereocenters. The van der Waals surface area contributed by atoms with Crippen molar-refractivity contribution < 1.29 is 9.53 Å². The third-order valence-electron chi connectivity index (χ3n) is 5.79. The van der Waals surface area contributed by atoms with Crippen LogP contribution in [0, 0.1) is 11.8 Å². The number of carbonyl (C=O) groups excluding carboxylic acids is 1. The van der Waals surface area contributed by atoms with Crippen LogP contribution >= 0.6 is 0 Å². The van der Waals surface area contributed by atoms with E-state index in [9.17, 15) is 4.79 Å². The summed E-state index contributed by atoms with van der Waals surface area (Å²) in [6, 6.07) is 10.3. The molecule has 4 heterocycles. The first-order chi connectivity index (χ1) is 12.2. The van der Waals surface area contributed by atoms with Crippen LogP contribution in [0.5, 0.6) is 0 Å². The number of nitrogens with zero attached hydrogens (tertiary/aromatic N) is 2. The van der Waals surface area contributed by atoms with Crippen molar-refractivity contribution in [3.63, 3.8) is 0 Å². The van der Waals surface area contributed by atoms with Crippen molar-refractivity contribution in [2.75, 3.05) is 13.1 Å². The molecule has 0 amide bonds. The first-order valence-electron chi connectivity index (χ1n) is 9.05. The summed E-state index contributed by atoms with van der Waals surface area (Å²) < 4.78 is 5.87. The Morgan fingerprint density at radius 1 is 1.40 bits per heavy atom. The molecular formula is C21H24N2O2. The number of benzene rings is 1. The maximum atomic E-state index is 11.9. The molecule has 3 aliphatic rings. The van der Waals surface area contributed by atoms with Crippen LogP contribution in [0.15, 0.2) is 49.2 Å². The summed E-state index contributed by atoms with van der Waals surface area (Å²) in [7, 11) is 0.